The van der Waals surface area contributed by atoms with E-state index in [1.54, 1.807) is 24.5 Å². The van der Waals surface area contributed by atoms with Gasteiger partial charge in [-0.1, -0.05) is 0 Å². The van der Waals surface area contributed by atoms with Gasteiger partial charge in [0.15, 0.2) is 0 Å². The molecule has 21 heavy (non-hydrogen) atoms. The molecule has 1 aromatic heterocycles. The van der Waals surface area contributed by atoms with Gasteiger partial charge in [-0.3, -0.25) is 14.6 Å². The molecule has 1 heterocycles. The van der Waals surface area contributed by atoms with E-state index in [2.05, 4.69) is 15.6 Å². The van der Waals surface area contributed by atoms with E-state index >= 15 is 0 Å². The van der Waals surface area contributed by atoms with Crippen LogP contribution >= 0.6 is 12.4 Å². The van der Waals surface area contributed by atoms with Crippen LogP contribution in [0.15, 0.2) is 24.5 Å². The number of aromatic nitrogens is 1. The first kappa shape index (κ1) is 17.4. The van der Waals surface area contributed by atoms with Gasteiger partial charge in [0.05, 0.1) is 0 Å². The van der Waals surface area contributed by atoms with Crippen LogP contribution in [0.4, 0.5) is 0 Å². The Morgan fingerprint density at radius 2 is 1.86 bits per heavy atom. The van der Waals surface area contributed by atoms with E-state index in [0.717, 1.165) is 19.3 Å². The molecule has 2 amide bonds. The lowest BCUT2D eigenvalue weighted by Gasteiger charge is -2.11. The Balaban J connectivity index is 0.00000220. The number of halogens is 1. The van der Waals surface area contributed by atoms with Crippen LogP contribution in [-0.2, 0) is 4.79 Å². The minimum absolute atomic E-state index is 0. The zero-order valence-electron chi connectivity index (χ0n) is 11.7. The summed E-state index contributed by atoms with van der Waals surface area (Å²) in [5, 5.41) is 5.58. The van der Waals surface area contributed by atoms with Crippen molar-refractivity contribution in [1.29, 1.82) is 0 Å². The second kappa shape index (κ2) is 8.59. The summed E-state index contributed by atoms with van der Waals surface area (Å²) in [5.41, 5.74) is 6.34. The number of hydrogen-bond acceptors (Lipinski definition) is 4. The van der Waals surface area contributed by atoms with E-state index in [-0.39, 0.29) is 36.2 Å². The van der Waals surface area contributed by atoms with Crippen LogP contribution < -0.4 is 16.4 Å². The molecule has 0 bridgehead atoms. The molecule has 4 N–H and O–H groups in total. The van der Waals surface area contributed by atoms with E-state index in [4.69, 9.17) is 5.73 Å². The predicted molar refractivity (Wildman–Crippen MR) is 82.1 cm³/mol. The fraction of sp³-hybridized carbons (Fsp3) is 0.500. The highest BCUT2D eigenvalue weighted by Crippen LogP contribution is 2.23. The van der Waals surface area contributed by atoms with Crippen LogP contribution in [0.1, 0.15) is 29.6 Å². The molecule has 0 spiro atoms. The number of carbonyl (C=O) groups excluding carboxylic acids is 2. The second-order valence-electron chi connectivity index (χ2n) is 5.05. The predicted octanol–water partition coefficient (Wildman–Crippen LogP) is 0.477. The van der Waals surface area contributed by atoms with E-state index < -0.39 is 0 Å². The normalized spacial score (nSPS) is 20.4. The van der Waals surface area contributed by atoms with Crippen LogP contribution in [0, 0.1) is 5.92 Å². The van der Waals surface area contributed by atoms with Crippen molar-refractivity contribution in [2.24, 2.45) is 11.7 Å². The average molecular weight is 313 g/mol. The Kier molecular flexibility index (Phi) is 7.11. The molecule has 0 unspecified atom stereocenters. The average Bonchev–Trinajstić information content (AvgIpc) is 2.91. The summed E-state index contributed by atoms with van der Waals surface area (Å²) in [6.07, 6.45) is 5.67. The van der Waals surface area contributed by atoms with Crippen molar-refractivity contribution < 1.29 is 9.59 Å². The first-order valence-corrected chi connectivity index (χ1v) is 6.88. The summed E-state index contributed by atoms with van der Waals surface area (Å²) in [6, 6.07) is 3.44. The van der Waals surface area contributed by atoms with Gasteiger partial charge in [0.25, 0.3) is 5.91 Å². The molecule has 7 heteroatoms. The monoisotopic (exact) mass is 312 g/mol. The fourth-order valence-corrected chi connectivity index (χ4v) is 2.37. The highest BCUT2D eigenvalue weighted by Gasteiger charge is 2.27. The van der Waals surface area contributed by atoms with Crippen molar-refractivity contribution in [3.63, 3.8) is 0 Å². The molecule has 0 radical (unpaired) electrons. The lowest BCUT2D eigenvalue weighted by Crippen LogP contribution is -2.37. The van der Waals surface area contributed by atoms with Gasteiger partial charge in [0.2, 0.25) is 5.91 Å². The molecule has 116 valence electrons. The molecule has 0 aromatic carbocycles. The first-order chi connectivity index (χ1) is 9.66. The van der Waals surface area contributed by atoms with Gasteiger partial charge in [-0.25, -0.2) is 0 Å². The molecule has 2 rings (SSSR count). The summed E-state index contributed by atoms with van der Waals surface area (Å²) in [4.78, 5) is 27.4. The molecule has 1 aliphatic carbocycles. The maximum atomic E-state index is 11.8. The molecular weight excluding hydrogens is 292 g/mol. The van der Waals surface area contributed by atoms with Gasteiger partial charge in [0.1, 0.15) is 0 Å². The van der Waals surface area contributed by atoms with Crippen molar-refractivity contribution in [1.82, 2.24) is 15.6 Å². The standard InChI is InChI=1S/C14H20N4O2.ClH/c15-12-2-1-11(9-12)14(20)18-8-7-17-13(19)10-3-5-16-6-4-10;/h3-6,11-12H,1-2,7-9,15H2,(H,17,19)(H,18,20);1H/t11-,12+;/m0./s1. The van der Waals surface area contributed by atoms with Crippen molar-refractivity contribution >= 4 is 24.2 Å². The lowest BCUT2D eigenvalue weighted by atomic mass is 10.1. The van der Waals surface area contributed by atoms with Gasteiger partial charge in [-0.15, -0.1) is 12.4 Å². The second-order valence-corrected chi connectivity index (χ2v) is 5.05. The summed E-state index contributed by atoms with van der Waals surface area (Å²) in [7, 11) is 0. The molecule has 6 nitrogen and oxygen atoms in total. The lowest BCUT2D eigenvalue weighted by molar-refractivity contribution is -0.124. The molecule has 1 aromatic rings. The molecule has 1 saturated carbocycles. The Bertz CT molecular complexity index is 469. The number of rotatable bonds is 5. The van der Waals surface area contributed by atoms with E-state index in [1.807, 2.05) is 0 Å². The third-order valence-electron chi connectivity index (χ3n) is 3.50. The van der Waals surface area contributed by atoms with Gasteiger partial charge < -0.3 is 16.4 Å². The van der Waals surface area contributed by atoms with E-state index in [0.29, 0.717) is 18.7 Å². The minimum atomic E-state index is -0.162. The topological polar surface area (TPSA) is 97.1 Å². The third kappa shape index (κ3) is 5.32. The summed E-state index contributed by atoms with van der Waals surface area (Å²) in [6.45, 7) is 0.840. The number of carbonyl (C=O) groups is 2. The Morgan fingerprint density at radius 1 is 1.19 bits per heavy atom. The molecule has 1 fully saturated rings. The number of nitrogens with zero attached hydrogens (tertiary/aromatic N) is 1. The van der Waals surface area contributed by atoms with Crippen LogP contribution in [-0.4, -0.2) is 35.9 Å². The van der Waals surface area contributed by atoms with Gasteiger partial charge in [-0.2, -0.15) is 0 Å². The highest BCUT2D eigenvalue weighted by molar-refractivity contribution is 5.94. The number of nitrogens with one attached hydrogen (secondary N) is 2. The van der Waals surface area contributed by atoms with Gasteiger partial charge >= 0.3 is 0 Å². The van der Waals surface area contributed by atoms with Crippen LogP contribution in [0.2, 0.25) is 0 Å². The first-order valence-electron chi connectivity index (χ1n) is 6.88. The number of pyridine rings is 1. The molecule has 0 aliphatic heterocycles. The maximum Gasteiger partial charge on any atom is 0.251 e. The number of hydrogen-bond donors (Lipinski definition) is 3. The molecule has 1 aliphatic rings. The van der Waals surface area contributed by atoms with Gasteiger partial charge in [0, 0.05) is 43.0 Å². The maximum absolute atomic E-state index is 11.8. The van der Waals surface area contributed by atoms with Crippen molar-refractivity contribution in [3.05, 3.63) is 30.1 Å². The molecule has 0 saturated heterocycles. The van der Waals surface area contributed by atoms with Crippen LogP contribution in [0.3, 0.4) is 0 Å². The highest BCUT2D eigenvalue weighted by atomic mass is 35.5. The Morgan fingerprint density at radius 3 is 2.48 bits per heavy atom. The van der Waals surface area contributed by atoms with E-state index in [9.17, 15) is 9.59 Å². The molecular formula is C14H21ClN4O2. The van der Waals surface area contributed by atoms with Crippen LogP contribution in [0.25, 0.3) is 0 Å². The zero-order valence-corrected chi connectivity index (χ0v) is 12.6. The SMILES string of the molecule is Cl.N[C@@H]1CC[C@H](C(=O)NCCNC(=O)c2ccncc2)C1. The Labute approximate surface area is 130 Å². The number of nitrogens with two attached hydrogens (primary N) is 1. The smallest absolute Gasteiger partial charge is 0.251 e. The summed E-state index contributed by atoms with van der Waals surface area (Å²) in [5.74, 6) is -0.0958. The van der Waals surface area contributed by atoms with E-state index in [1.165, 1.54) is 0 Å². The zero-order chi connectivity index (χ0) is 14.4. The third-order valence-corrected chi connectivity index (χ3v) is 3.50. The van der Waals surface area contributed by atoms with Crippen molar-refractivity contribution in [2.45, 2.75) is 25.3 Å². The molecule has 2 atom stereocenters. The Hall–Kier alpha value is -1.66. The van der Waals surface area contributed by atoms with Crippen LogP contribution in [0.5, 0.6) is 0 Å². The quantitative estimate of drug-likeness (QED) is 0.689. The van der Waals surface area contributed by atoms with Crippen molar-refractivity contribution in [3.8, 4) is 0 Å². The fourth-order valence-electron chi connectivity index (χ4n) is 2.37. The summed E-state index contributed by atoms with van der Waals surface area (Å²) < 4.78 is 0. The van der Waals surface area contributed by atoms with Gasteiger partial charge in [-0.05, 0) is 31.4 Å². The van der Waals surface area contributed by atoms with Crippen molar-refractivity contribution in [2.75, 3.05) is 13.1 Å². The largest absolute Gasteiger partial charge is 0.354 e. The minimum Gasteiger partial charge on any atom is -0.354 e. The summed E-state index contributed by atoms with van der Waals surface area (Å²) >= 11 is 0. The number of amides is 2.